The fraction of sp³-hybridized carbons (Fsp3) is 0.360. The van der Waals surface area contributed by atoms with Gasteiger partial charge in [-0.2, -0.15) is 0 Å². The van der Waals surface area contributed by atoms with Gasteiger partial charge in [-0.3, -0.25) is 19.4 Å². The number of rotatable bonds is 7. The zero-order valence-corrected chi connectivity index (χ0v) is 18.5. The van der Waals surface area contributed by atoms with Crippen LogP contribution in [-0.4, -0.2) is 61.0 Å². The van der Waals surface area contributed by atoms with Gasteiger partial charge in [-0.25, -0.2) is 4.39 Å². The number of hydrogen-bond acceptors (Lipinski definition) is 5. The van der Waals surface area contributed by atoms with Crippen molar-refractivity contribution in [2.24, 2.45) is 0 Å². The summed E-state index contributed by atoms with van der Waals surface area (Å²) >= 11 is 0. The molecule has 1 N–H and O–H groups in total. The van der Waals surface area contributed by atoms with E-state index in [0.29, 0.717) is 31.7 Å². The first kappa shape index (κ1) is 22.2. The highest BCUT2D eigenvalue weighted by molar-refractivity contribution is 6.36. The largest absolute Gasteiger partial charge is 0.379 e. The van der Waals surface area contributed by atoms with E-state index in [1.807, 2.05) is 32.0 Å². The van der Waals surface area contributed by atoms with Gasteiger partial charge in [0.2, 0.25) is 0 Å². The Bertz CT molecular complexity index is 1040. The minimum absolute atomic E-state index is 0.236. The maximum absolute atomic E-state index is 13.5. The zero-order chi connectivity index (χ0) is 22.7. The van der Waals surface area contributed by atoms with Gasteiger partial charge in [0.05, 0.1) is 18.8 Å². The summed E-state index contributed by atoms with van der Waals surface area (Å²) in [7, 11) is 0. The van der Waals surface area contributed by atoms with Crippen LogP contribution in [0.5, 0.6) is 0 Å². The highest BCUT2D eigenvalue weighted by atomic mass is 19.1. The van der Waals surface area contributed by atoms with Crippen molar-refractivity contribution in [2.45, 2.75) is 20.3 Å². The van der Waals surface area contributed by atoms with Gasteiger partial charge in [-0.1, -0.05) is 29.8 Å². The number of carbonyl (C=O) groups is 2. The molecule has 168 valence electrons. The Kier molecular flexibility index (Phi) is 6.67. The van der Waals surface area contributed by atoms with Crippen molar-refractivity contribution in [3.05, 3.63) is 70.7 Å². The molecule has 1 fully saturated rings. The van der Waals surface area contributed by atoms with Crippen LogP contribution < -0.4 is 5.32 Å². The van der Waals surface area contributed by atoms with E-state index in [0.717, 1.165) is 36.4 Å². The van der Waals surface area contributed by atoms with Gasteiger partial charge in [0.25, 0.3) is 11.8 Å². The van der Waals surface area contributed by atoms with Crippen LogP contribution in [0.2, 0.25) is 0 Å². The molecule has 0 bridgehead atoms. The number of anilines is 1. The summed E-state index contributed by atoms with van der Waals surface area (Å²) in [6, 6.07) is 11.6. The molecule has 2 heterocycles. The van der Waals surface area contributed by atoms with Crippen LogP contribution >= 0.6 is 0 Å². The molecule has 0 aromatic heterocycles. The summed E-state index contributed by atoms with van der Waals surface area (Å²) in [6.45, 7) is 8.23. The van der Waals surface area contributed by atoms with Crippen LogP contribution in [0, 0.1) is 19.7 Å². The van der Waals surface area contributed by atoms with Gasteiger partial charge in [0.1, 0.15) is 11.5 Å². The highest BCUT2D eigenvalue weighted by Gasteiger charge is 2.39. The smallest absolute Gasteiger partial charge is 0.278 e. The molecule has 4 rings (SSSR count). The lowest BCUT2D eigenvalue weighted by atomic mass is 10.0. The van der Waals surface area contributed by atoms with Crippen molar-refractivity contribution in [1.29, 1.82) is 0 Å². The first-order valence-electron chi connectivity index (χ1n) is 10.9. The summed E-state index contributed by atoms with van der Waals surface area (Å²) in [5.41, 5.74) is 3.89. The Morgan fingerprint density at radius 2 is 1.69 bits per heavy atom. The van der Waals surface area contributed by atoms with Crippen LogP contribution in [0.4, 0.5) is 10.1 Å². The minimum atomic E-state index is -0.391. The third-order valence-corrected chi connectivity index (χ3v) is 5.90. The molecule has 2 aliphatic rings. The number of benzene rings is 2. The van der Waals surface area contributed by atoms with Crippen molar-refractivity contribution in [3.8, 4) is 0 Å². The first-order valence-corrected chi connectivity index (χ1v) is 10.9. The molecule has 0 unspecified atom stereocenters. The molecule has 1 saturated heterocycles. The normalized spacial score (nSPS) is 17.4. The fourth-order valence-corrected chi connectivity index (χ4v) is 4.15. The van der Waals surface area contributed by atoms with Crippen LogP contribution in [0.25, 0.3) is 5.57 Å². The van der Waals surface area contributed by atoms with E-state index in [9.17, 15) is 14.0 Å². The predicted octanol–water partition coefficient (Wildman–Crippen LogP) is 3.36. The second-order valence-corrected chi connectivity index (χ2v) is 8.27. The van der Waals surface area contributed by atoms with E-state index in [2.05, 4.69) is 10.2 Å². The topological polar surface area (TPSA) is 61.9 Å². The molecule has 0 aliphatic carbocycles. The summed E-state index contributed by atoms with van der Waals surface area (Å²) in [5.74, 6) is -1.09. The number of ether oxygens (including phenoxy) is 1. The van der Waals surface area contributed by atoms with Crippen molar-refractivity contribution in [2.75, 3.05) is 44.7 Å². The molecular weight excluding hydrogens is 409 g/mol. The lowest BCUT2D eigenvalue weighted by Crippen LogP contribution is -2.39. The summed E-state index contributed by atoms with van der Waals surface area (Å²) in [4.78, 5) is 30.2. The average Bonchev–Trinajstić information content (AvgIpc) is 3.01. The molecule has 6 nitrogen and oxygen atoms in total. The van der Waals surface area contributed by atoms with E-state index in [4.69, 9.17) is 4.74 Å². The molecule has 7 heteroatoms. The monoisotopic (exact) mass is 437 g/mol. The van der Waals surface area contributed by atoms with Crippen LogP contribution in [0.3, 0.4) is 0 Å². The molecule has 2 aromatic rings. The van der Waals surface area contributed by atoms with Gasteiger partial charge in [0.15, 0.2) is 0 Å². The number of amides is 2. The third kappa shape index (κ3) is 4.74. The van der Waals surface area contributed by atoms with Crippen LogP contribution in [0.15, 0.2) is 48.2 Å². The van der Waals surface area contributed by atoms with Gasteiger partial charge < -0.3 is 10.1 Å². The van der Waals surface area contributed by atoms with E-state index in [1.165, 1.54) is 29.2 Å². The quantitative estimate of drug-likeness (QED) is 0.673. The third-order valence-electron chi connectivity index (χ3n) is 5.90. The average molecular weight is 438 g/mol. The Balaban J connectivity index is 1.58. The molecule has 0 radical (unpaired) electrons. The Morgan fingerprint density at radius 3 is 2.38 bits per heavy atom. The minimum Gasteiger partial charge on any atom is -0.379 e. The van der Waals surface area contributed by atoms with Crippen molar-refractivity contribution < 1.29 is 18.7 Å². The highest BCUT2D eigenvalue weighted by Crippen LogP contribution is 2.31. The number of morpholine rings is 1. The zero-order valence-electron chi connectivity index (χ0n) is 18.5. The van der Waals surface area contributed by atoms with Crippen LogP contribution in [-0.2, 0) is 14.3 Å². The number of aryl methyl sites for hydroxylation is 2. The van der Waals surface area contributed by atoms with Crippen molar-refractivity contribution in [3.63, 3.8) is 0 Å². The maximum Gasteiger partial charge on any atom is 0.278 e. The second kappa shape index (κ2) is 9.63. The predicted molar refractivity (Wildman–Crippen MR) is 121 cm³/mol. The van der Waals surface area contributed by atoms with Gasteiger partial charge in [-0.15, -0.1) is 0 Å². The number of hydrogen-bond donors (Lipinski definition) is 1. The molecular formula is C25H28FN3O3. The Morgan fingerprint density at radius 1 is 0.969 bits per heavy atom. The van der Waals surface area contributed by atoms with Gasteiger partial charge >= 0.3 is 0 Å². The Labute approximate surface area is 187 Å². The molecule has 2 aromatic carbocycles. The molecule has 0 spiro atoms. The van der Waals surface area contributed by atoms with Gasteiger partial charge in [0, 0.05) is 31.9 Å². The van der Waals surface area contributed by atoms with E-state index < -0.39 is 5.82 Å². The number of nitrogens with zero attached hydrogens (tertiary/aromatic N) is 2. The summed E-state index contributed by atoms with van der Waals surface area (Å²) in [5, 5.41) is 3.20. The molecule has 2 aliphatic heterocycles. The lowest BCUT2D eigenvalue weighted by Gasteiger charge is -2.27. The van der Waals surface area contributed by atoms with Crippen LogP contribution in [0.1, 0.15) is 23.1 Å². The molecule has 32 heavy (non-hydrogen) atoms. The number of nitrogens with one attached hydrogen (secondary N) is 1. The molecule has 0 atom stereocenters. The second-order valence-electron chi connectivity index (χ2n) is 8.27. The van der Waals surface area contributed by atoms with Crippen molar-refractivity contribution in [1.82, 2.24) is 9.80 Å². The van der Waals surface area contributed by atoms with E-state index in [-0.39, 0.29) is 23.1 Å². The lowest BCUT2D eigenvalue weighted by molar-refractivity contribution is -0.136. The Hall–Kier alpha value is -3.03. The summed E-state index contributed by atoms with van der Waals surface area (Å²) in [6.07, 6.45) is 0.686. The maximum atomic E-state index is 13.5. The van der Waals surface area contributed by atoms with E-state index >= 15 is 0 Å². The van der Waals surface area contributed by atoms with Crippen molar-refractivity contribution >= 4 is 23.1 Å². The first-order chi connectivity index (χ1) is 15.4. The van der Waals surface area contributed by atoms with Gasteiger partial charge in [-0.05, 0) is 49.6 Å². The SMILES string of the molecule is Cc1ccc(NC2=C(c3ccc(F)cc3)C(=O)N(CCCN3CCOCC3)C2=O)c(C)c1. The number of carbonyl (C=O) groups excluding carboxylic acids is 2. The fourth-order valence-electron chi connectivity index (χ4n) is 4.15. The number of halogens is 1. The standard InChI is InChI=1S/C25H28FN3O3/c1-17-4-9-21(18(2)16-17)27-23-22(19-5-7-20(26)8-6-19)24(30)29(25(23)31)11-3-10-28-12-14-32-15-13-28/h4-9,16,27H,3,10-15H2,1-2H3. The number of imide groups is 1. The summed E-state index contributed by atoms with van der Waals surface area (Å²) < 4.78 is 18.9. The molecule has 2 amide bonds. The molecule has 0 saturated carbocycles. The van der Waals surface area contributed by atoms with E-state index in [1.54, 1.807) is 0 Å².